The van der Waals surface area contributed by atoms with E-state index in [4.69, 9.17) is 0 Å². The predicted molar refractivity (Wildman–Crippen MR) is 136 cm³/mol. The van der Waals surface area contributed by atoms with Gasteiger partial charge in [-0.05, 0) is 56.7 Å². The average Bonchev–Trinajstić information content (AvgIpc) is 3.06. The molecule has 0 bridgehead atoms. The minimum atomic E-state index is -1.06. The van der Waals surface area contributed by atoms with Crippen LogP contribution in [-0.4, -0.2) is 40.6 Å². The first-order valence-corrected chi connectivity index (χ1v) is 13.7. The highest BCUT2D eigenvalue weighted by Gasteiger charge is 2.27. The summed E-state index contributed by atoms with van der Waals surface area (Å²) in [7, 11) is -1.06. The van der Waals surface area contributed by atoms with E-state index in [1.807, 2.05) is 40.1 Å². The lowest BCUT2D eigenvalue weighted by Crippen LogP contribution is -2.28. The number of nitro groups is 1. The van der Waals surface area contributed by atoms with Gasteiger partial charge in [0.1, 0.15) is 5.69 Å². The molecule has 8 heteroatoms. The van der Waals surface area contributed by atoms with E-state index in [-0.39, 0.29) is 10.9 Å². The third-order valence-electron chi connectivity index (χ3n) is 6.96. The minimum Gasteiger partial charge on any atom is -0.369 e. The summed E-state index contributed by atoms with van der Waals surface area (Å²) in [5, 5.41) is 11.9. The van der Waals surface area contributed by atoms with Crippen molar-refractivity contribution >= 4 is 27.9 Å². The summed E-state index contributed by atoms with van der Waals surface area (Å²) >= 11 is 0. The Hall–Kier alpha value is -2.48. The molecular weight excluding hydrogens is 453 g/mol. The van der Waals surface area contributed by atoms with Crippen molar-refractivity contribution in [1.82, 2.24) is 0 Å². The molecule has 2 unspecified atom stereocenters. The summed E-state index contributed by atoms with van der Waals surface area (Å²) < 4.78 is 28.1. The van der Waals surface area contributed by atoms with Crippen molar-refractivity contribution in [2.24, 2.45) is 0 Å². The Balaban J connectivity index is 1.55. The van der Waals surface area contributed by atoms with Crippen molar-refractivity contribution in [3.8, 4) is 0 Å². The van der Waals surface area contributed by atoms with Crippen LogP contribution in [0.3, 0.4) is 0 Å². The Morgan fingerprint density at radius 1 is 0.824 bits per heavy atom. The van der Waals surface area contributed by atoms with Crippen LogP contribution in [0.4, 0.5) is 21.5 Å². The van der Waals surface area contributed by atoms with E-state index in [9.17, 15) is 18.7 Å². The lowest BCUT2D eigenvalue weighted by Gasteiger charge is -2.28. The maximum absolute atomic E-state index is 15.0. The van der Waals surface area contributed by atoms with Crippen LogP contribution >= 0.6 is 0 Å². The van der Waals surface area contributed by atoms with Crippen LogP contribution in [0.15, 0.2) is 47.4 Å². The second kappa shape index (κ2) is 11.8. The quantitative estimate of drug-likeness (QED) is 0.379. The van der Waals surface area contributed by atoms with Gasteiger partial charge < -0.3 is 9.80 Å². The number of hydrogen-bond donors (Lipinski definition) is 0. The van der Waals surface area contributed by atoms with Gasteiger partial charge in [0.05, 0.1) is 27.5 Å². The summed E-state index contributed by atoms with van der Waals surface area (Å²) in [4.78, 5) is 16.3. The number of nitro benzene ring substituents is 1. The van der Waals surface area contributed by atoms with Gasteiger partial charge in [0.25, 0.3) is 5.69 Å². The van der Waals surface area contributed by atoms with E-state index >= 15 is 0 Å². The van der Waals surface area contributed by atoms with Crippen LogP contribution < -0.4 is 9.80 Å². The molecule has 2 heterocycles. The third-order valence-corrected chi connectivity index (χ3v) is 8.78. The Bertz CT molecular complexity index is 996. The monoisotopic (exact) mass is 487 g/mol. The molecule has 0 aromatic heterocycles. The van der Waals surface area contributed by atoms with Gasteiger partial charge >= 0.3 is 0 Å². The maximum atomic E-state index is 15.0. The molecule has 0 aliphatic carbocycles. The van der Waals surface area contributed by atoms with Crippen LogP contribution in [0, 0.1) is 15.9 Å². The number of anilines is 2. The molecule has 2 saturated heterocycles. The van der Waals surface area contributed by atoms with E-state index in [2.05, 4.69) is 0 Å². The van der Waals surface area contributed by atoms with Crippen LogP contribution in [0.1, 0.15) is 57.8 Å². The molecule has 0 amide bonds. The number of rotatable bonds is 5. The molecule has 4 rings (SSSR count). The van der Waals surface area contributed by atoms with Crippen molar-refractivity contribution in [1.29, 1.82) is 0 Å². The van der Waals surface area contributed by atoms with E-state index in [0.717, 1.165) is 81.8 Å². The lowest BCUT2D eigenvalue weighted by atomic mass is 10.1. The smallest absolute Gasteiger partial charge is 0.295 e. The summed E-state index contributed by atoms with van der Waals surface area (Å²) in [5.41, 5.74) is 0.818. The lowest BCUT2D eigenvalue weighted by molar-refractivity contribution is -0.384. The largest absolute Gasteiger partial charge is 0.369 e. The number of benzene rings is 2. The van der Waals surface area contributed by atoms with Crippen LogP contribution in [-0.2, 0) is 10.8 Å². The molecule has 0 N–H and O–H groups in total. The zero-order valence-electron chi connectivity index (χ0n) is 19.7. The molecular formula is C26H34FN3O3S. The summed E-state index contributed by atoms with van der Waals surface area (Å²) in [6, 6.07) is 12.4. The van der Waals surface area contributed by atoms with Crippen molar-refractivity contribution in [2.75, 3.05) is 36.0 Å². The Kier molecular flexibility index (Phi) is 8.53. The third kappa shape index (κ3) is 5.95. The molecule has 184 valence electrons. The zero-order valence-corrected chi connectivity index (χ0v) is 20.5. The van der Waals surface area contributed by atoms with E-state index in [1.165, 1.54) is 0 Å². The SMILES string of the molecule is O=[N+]([O-])c1cc(F)c(N2CCCCCC2)cc1N1CCCCC(S(=O)c2ccccc2)CCC1. The summed E-state index contributed by atoms with van der Waals surface area (Å²) in [6.45, 7) is 2.87. The highest BCUT2D eigenvalue weighted by molar-refractivity contribution is 7.85. The van der Waals surface area contributed by atoms with Gasteiger partial charge in [0.2, 0.25) is 0 Å². The van der Waals surface area contributed by atoms with Crippen molar-refractivity contribution in [2.45, 2.75) is 67.9 Å². The number of halogens is 1. The van der Waals surface area contributed by atoms with Crippen LogP contribution in [0.2, 0.25) is 0 Å². The molecule has 2 aromatic rings. The highest BCUT2D eigenvalue weighted by Crippen LogP contribution is 2.37. The molecule has 2 aromatic carbocycles. The van der Waals surface area contributed by atoms with Gasteiger partial charge in [-0.25, -0.2) is 4.39 Å². The fraction of sp³-hybridized carbons (Fsp3) is 0.538. The van der Waals surface area contributed by atoms with Gasteiger partial charge in [0, 0.05) is 36.3 Å². The summed E-state index contributed by atoms with van der Waals surface area (Å²) in [6.07, 6.45) is 8.52. The fourth-order valence-corrected chi connectivity index (χ4v) is 6.71. The number of hydrogen-bond acceptors (Lipinski definition) is 5. The first-order chi connectivity index (χ1) is 16.5. The molecule has 0 radical (unpaired) electrons. The van der Waals surface area contributed by atoms with Crippen LogP contribution in [0.5, 0.6) is 0 Å². The predicted octanol–water partition coefficient (Wildman–Crippen LogP) is 6.06. The highest BCUT2D eigenvalue weighted by atomic mass is 32.2. The second-order valence-corrected chi connectivity index (χ2v) is 11.0. The Labute approximate surface area is 203 Å². The second-order valence-electron chi connectivity index (χ2n) is 9.31. The van der Waals surface area contributed by atoms with Gasteiger partial charge in [-0.1, -0.05) is 37.5 Å². The topological polar surface area (TPSA) is 66.7 Å². The van der Waals surface area contributed by atoms with Crippen molar-refractivity contribution in [3.63, 3.8) is 0 Å². The van der Waals surface area contributed by atoms with Gasteiger partial charge in [-0.3, -0.25) is 14.3 Å². The maximum Gasteiger partial charge on any atom is 0.295 e. The summed E-state index contributed by atoms with van der Waals surface area (Å²) in [5.74, 6) is -0.514. The fourth-order valence-electron chi connectivity index (χ4n) is 5.14. The van der Waals surface area contributed by atoms with E-state index in [1.54, 1.807) is 6.07 Å². The zero-order chi connectivity index (χ0) is 23.9. The first kappa shape index (κ1) is 24.6. The Morgan fingerprint density at radius 3 is 2.09 bits per heavy atom. The van der Waals surface area contributed by atoms with Gasteiger partial charge in [-0.15, -0.1) is 0 Å². The molecule has 0 saturated carbocycles. The van der Waals surface area contributed by atoms with E-state index in [0.29, 0.717) is 24.5 Å². The molecule has 6 nitrogen and oxygen atoms in total. The molecule has 0 spiro atoms. The van der Waals surface area contributed by atoms with E-state index < -0.39 is 21.5 Å². The Morgan fingerprint density at radius 2 is 1.41 bits per heavy atom. The van der Waals surface area contributed by atoms with Gasteiger partial charge in [0.15, 0.2) is 5.82 Å². The molecule has 34 heavy (non-hydrogen) atoms. The minimum absolute atomic E-state index is 0.0817. The number of nitrogens with zero attached hydrogens (tertiary/aromatic N) is 3. The van der Waals surface area contributed by atoms with Gasteiger partial charge in [-0.2, -0.15) is 0 Å². The molecule has 2 fully saturated rings. The van der Waals surface area contributed by atoms with Crippen molar-refractivity contribution in [3.05, 3.63) is 58.4 Å². The molecule has 2 aliphatic heterocycles. The average molecular weight is 488 g/mol. The van der Waals surface area contributed by atoms with Crippen molar-refractivity contribution < 1.29 is 13.5 Å². The first-order valence-electron chi connectivity index (χ1n) is 12.5. The molecule has 2 atom stereocenters. The van der Waals surface area contributed by atoms with Crippen LogP contribution in [0.25, 0.3) is 0 Å². The standard InChI is InChI=1S/C26H34FN3O3S/c27-23-19-26(30(31)32)25(20-24(23)28-15-7-1-2-8-16-28)29-17-9-6-13-22(14-10-18-29)34(33)21-11-4-3-5-12-21/h3-5,11-12,19-20,22H,1-2,6-10,13-18H2. The molecule has 2 aliphatic rings. The normalized spacial score (nSPS) is 21.1.